The lowest BCUT2D eigenvalue weighted by molar-refractivity contribution is 0.0700. The minimum Gasteiger partial charge on any atom is -0.496 e. The second kappa shape index (κ2) is 10.3. The molecule has 8 rings (SSSR count). The predicted molar refractivity (Wildman–Crippen MR) is 169 cm³/mol. The van der Waals surface area contributed by atoms with E-state index in [1.165, 1.54) is 29.4 Å². The number of amides is 1. The van der Waals surface area contributed by atoms with E-state index in [1.807, 2.05) is 24.1 Å². The van der Waals surface area contributed by atoms with E-state index in [1.54, 1.807) is 7.11 Å². The van der Waals surface area contributed by atoms with Gasteiger partial charge in [-0.3, -0.25) is 4.79 Å². The van der Waals surface area contributed by atoms with Crippen LogP contribution in [0.25, 0.3) is 33.3 Å². The van der Waals surface area contributed by atoms with Crippen molar-refractivity contribution in [3.63, 3.8) is 0 Å². The van der Waals surface area contributed by atoms with Gasteiger partial charge in [-0.15, -0.1) is 0 Å². The van der Waals surface area contributed by atoms with Gasteiger partial charge in [0.1, 0.15) is 11.3 Å². The fraction of sp³-hybridized carbons (Fsp3) is 0.514. The lowest BCUT2D eigenvalue weighted by Crippen LogP contribution is -2.41. The van der Waals surface area contributed by atoms with E-state index in [2.05, 4.69) is 40.7 Å². The second-order valence-electron chi connectivity index (χ2n) is 13.3. The molecule has 3 atom stereocenters. The third-order valence-corrected chi connectivity index (χ3v) is 10.8. The lowest BCUT2D eigenvalue weighted by atomic mass is 10.0. The number of hydrogen-bond acceptors (Lipinski definition) is 6. The molecule has 8 nitrogen and oxygen atoms in total. The first-order valence-corrected chi connectivity index (χ1v) is 16.0. The van der Waals surface area contributed by atoms with Crippen LogP contribution in [0.2, 0.25) is 0 Å². The van der Waals surface area contributed by atoms with Crippen molar-refractivity contribution in [2.75, 3.05) is 38.8 Å². The third kappa shape index (κ3) is 4.44. The molecule has 4 aliphatic rings. The first-order valence-electron chi connectivity index (χ1n) is 16.0. The fourth-order valence-corrected chi connectivity index (χ4v) is 8.05. The van der Waals surface area contributed by atoms with Crippen LogP contribution < -0.4 is 15.4 Å². The molecular formula is C35H42N4O4. The van der Waals surface area contributed by atoms with Crippen molar-refractivity contribution in [1.29, 1.82) is 0 Å². The molecule has 2 saturated carbocycles. The number of nitrogens with zero attached hydrogens (tertiary/aromatic N) is 3. The van der Waals surface area contributed by atoms with Gasteiger partial charge in [0.05, 0.1) is 29.8 Å². The highest BCUT2D eigenvalue weighted by Gasteiger charge is 2.47. The topological polar surface area (TPSA) is 86.1 Å². The highest BCUT2D eigenvalue weighted by molar-refractivity contribution is 6.02. The van der Waals surface area contributed by atoms with E-state index in [0.717, 1.165) is 74.3 Å². The van der Waals surface area contributed by atoms with Crippen molar-refractivity contribution in [3.8, 4) is 17.2 Å². The number of aryl methyl sites for hydroxylation is 1. The molecule has 2 bridgehead atoms. The molecule has 2 aromatic carbocycles. The van der Waals surface area contributed by atoms with E-state index in [-0.39, 0.29) is 18.0 Å². The minimum absolute atomic E-state index is 0.0170. The van der Waals surface area contributed by atoms with Crippen LogP contribution in [0.1, 0.15) is 54.4 Å². The van der Waals surface area contributed by atoms with Crippen LogP contribution in [0.4, 0.5) is 5.69 Å². The van der Waals surface area contributed by atoms with Crippen LogP contribution >= 0.6 is 0 Å². The minimum atomic E-state index is 0.0170. The summed E-state index contributed by atoms with van der Waals surface area (Å²) >= 11 is 0. The highest BCUT2D eigenvalue weighted by Crippen LogP contribution is 2.44. The van der Waals surface area contributed by atoms with Crippen LogP contribution in [0.3, 0.4) is 0 Å². The zero-order chi connectivity index (χ0) is 29.4. The smallest absolute Gasteiger partial charge is 0.254 e. The third-order valence-electron chi connectivity index (χ3n) is 10.8. The number of piperidine rings is 2. The maximum atomic E-state index is 13.7. The number of aromatic nitrogens is 1. The molecule has 4 aromatic rings. The van der Waals surface area contributed by atoms with E-state index in [4.69, 9.17) is 19.6 Å². The molecule has 0 spiro atoms. The van der Waals surface area contributed by atoms with E-state index in [0.29, 0.717) is 34.8 Å². The summed E-state index contributed by atoms with van der Waals surface area (Å²) in [6, 6.07) is 13.1. The number of benzene rings is 2. The summed E-state index contributed by atoms with van der Waals surface area (Å²) in [4.78, 5) is 18.2. The largest absolute Gasteiger partial charge is 0.496 e. The summed E-state index contributed by atoms with van der Waals surface area (Å²) in [5, 5.41) is 2.15. The molecule has 43 heavy (non-hydrogen) atoms. The van der Waals surface area contributed by atoms with Crippen LogP contribution in [0.15, 0.2) is 40.8 Å². The predicted octanol–water partition coefficient (Wildman–Crippen LogP) is 5.96. The van der Waals surface area contributed by atoms with Gasteiger partial charge in [0.15, 0.2) is 5.76 Å². The average Bonchev–Trinajstić information content (AvgIpc) is 3.44. The summed E-state index contributed by atoms with van der Waals surface area (Å²) in [6.07, 6.45) is 7.10. The SMILES string of the molecule is COc1cc(C(=O)N2CC3CCC2[C@@H]3N)cc2oc(-c3cc4ccc(N5CCC(OC)CC5)cc4n3CC3CC3)c(C)c12. The summed E-state index contributed by atoms with van der Waals surface area (Å²) in [6.45, 7) is 5.83. The maximum Gasteiger partial charge on any atom is 0.254 e. The molecule has 2 aromatic heterocycles. The molecular weight excluding hydrogens is 540 g/mol. The van der Waals surface area contributed by atoms with E-state index in [9.17, 15) is 4.79 Å². The zero-order valence-electron chi connectivity index (χ0n) is 25.5. The molecule has 1 amide bonds. The fourth-order valence-electron chi connectivity index (χ4n) is 8.05. The molecule has 8 heteroatoms. The van der Waals surface area contributed by atoms with Gasteiger partial charge in [-0.05, 0) is 87.6 Å². The normalized spacial score (nSPS) is 24.1. The number of carbonyl (C=O) groups excluding carboxylic acids is 1. The van der Waals surface area contributed by atoms with Crippen molar-refractivity contribution in [2.24, 2.45) is 17.6 Å². The number of ether oxygens (including phenoxy) is 2. The van der Waals surface area contributed by atoms with Gasteiger partial charge >= 0.3 is 0 Å². The Balaban J connectivity index is 1.19. The van der Waals surface area contributed by atoms with E-state index >= 15 is 0 Å². The Morgan fingerprint density at radius 3 is 2.51 bits per heavy atom. The summed E-state index contributed by atoms with van der Waals surface area (Å²) in [7, 11) is 3.49. The Hall–Kier alpha value is -3.49. The van der Waals surface area contributed by atoms with Crippen LogP contribution in [0, 0.1) is 18.8 Å². The molecule has 2 aliphatic heterocycles. The van der Waals surface area contributed by atoms with Gasteiger partial charge in [0.25, 0.3) is 5.91 Å². The molecule has 4 fully saturated rings. The van der Waals surface area contributed by atoms with Crippen molar-refractivity contribution in [2.45, 2.75) is 70.2 Å². The van der Waals surface area contributed by atoms with Gasteiger partial charge in [-0.1, -0.05) is 6.07 Å². The Bertz CT molecular complexity index is 1710. The number of methoxy groups -OCH3 is 2. The Morgan fingerprint density at radius 1 is 1.02 bits per heavy atom. The summed E-state index contributed by atoms with van der Waals surface area (Å²) in [5.74, 6) is 2.64. The first kappa shape index (κ1) is 27.1. The molecule has 2 aliphatic carbocycles. The average molecular weight is 583 g/mol. The maximum absolute atomic E-state index is 13.7. The number of fused-ring (bicyclic) bond motifs is 4. The molecule has 226 valence electrons. The number of carbonyl (C=O) groups is 1. The molecule has 2 unspecified atom stereocenters. The van der Waals surface area contributed by atoms with Crippen molar-refractivity contribution < 1.29 is 18.7 Å². The van der Waals surface area contributed by atoms with Gasteiger partial charge in [0.2, 0.25) is 0 Å². The number of hydrogen-bond donors (Lipinski definition) is 1. The van der Waals surface area contributed by atoms with Gasteiger partial charge in [0, 0.05) is 67.6 Å². The zero-order valence-corrected chi connectivity index (χ0v) is 25.5. The van der Waals surface area contributed by atoms with Crippen LogP contribution in [0.5, 0.6) is 5.75 Å². The number of rotatable bonds is 7. The molecule has 2 N–H and O–H groups in total. The number of likely N-dealkylation sites (tertiary alicyclic amines) is 1. The van der Waals surface area contributed by atoms with Crippen molar-refractivity contribution in [3.05, 3.63) is 47.5 Å². The van der Waals surface area contributed by atoms with Crippen molar-refractivity contribution in [1.82, 2.24) is 9.47 Å². The van der Waals surface area contributed by atoms with E-state index < -0.39 is 0 Å². The highest BCUT2D eigenvalue weighted by atomic mass is 16.5. The summed E-state index contributed by atoms with van der Waals surface area (Å²) in [5.41, 5.74) is 12.4. The number of furan rings is 1. The van der Waals surface area contributed by atoms with Crippen LogP contribution in [-0.2, 0) is 11.3 Å². The number of anilines is 1. The van der Waals surface area contributed by atoms with Crippen LogP contribution in [-0.4, -0.2) is 67.4 Å². The van der Waals surface area contributed by atoms with Gasteiger partial charge < -0.3 is 34.0 Å². The number of nitrogens with two attached hydrogens (primary N) is 1. The Labute approximate surface area is 252 Å². The quantitative estimate of drug-likeness (QED) is 0.290. The van der Waals surface area contributed by atoms with Crippen molar-refractivity contribution >= 4 is 33.5 Å². The standard InChI is InChI=1S/C35H42N4O4/c1-20-32-30(42-3)15-24(35(40)39-19-23-7-9-27(39)33(23)36)16-31(32)43-34(20)29-14-22-6-8-25(37-12-10-26(41-2)11-13-37)17-28(22)38(29)18-21-4-5-21/h6,8,14-17,21,23,26-27,33H,4-5,7,9-13,18-19,36H2,1-3H3/t23?,27?,33-/m1/s1. The second-order valence-corrected chi connectivity index (χ2v) is 13.3. The molecule has 2 saturated heterocycles. The molecule has 0 radical (unpaired) electrons. The Morgan fingerprint density at radius 2 is 1.84 bits per heavy atom. The summed E-state index contributed by atoms with van der Waals surface area (Å²) < 4.78 is 20.6. The van der Waals surface area contributed by atoms with Gasteiger partial charge in [-0.25, -0.2) is 0 Å². The first-order chi connectivity index (χ1) is 20.9. The van der Waals surface area contributed by atoms with Gasteiger partial charge in [-0.2, -0.15) is 0 Å². The molecule has 4 heterocycles. The lowest BCUT2D eigenvalue weighted by Gasteiger charge is -2.33. The Kier molecular flexibility index (Phi) is 6.49. The monoisotopic (exact) mass is 582 g/mol.